The van der Waals surface area contributed by atoms with Gasteiger partial charge in [-0.3, -0.25) is 0 Å². The fraction of sp³-hybridized carbons (Fsp3) is 0.227. The lowest BCUT2D eigenvalue weighted by molar-refractivity contribution is 0.0189. The number of anilines is 3. The second-order valence-corrected chi connectivity index (χ2v) is 6.88. The molecule has 0 aliphatic carbocycles. The number of aromatic nitrogens is 2. The minimum absolute atomic E-state index is 0.0859. The maximum atomic E-state index is 9.57. The number of hydrogen-bond acceptors (Lipinski definition) is 7. The van der Waals surface area contributed by atoms with Crippen molar-refractivity contribution in [3.63, 3.8) is 0 Å². The first-order valence-corrected chi connectivity index (χ1v) is 9.85. The average molecular weight is 424 g/mol. The SMILES string of the molecule is N#Cc1ccc(Nc2nccc(NCCOC(CO)Cc3ccccc3Cl)n2)cc1. The quantitative estimate of drug-likeness (QED) is 0.426. The summed E-state index contributed by atoms with van der Waals surface area (Å²) in [7, 11) is 0. The Kier molecular flexibility index (Phi) is 7.98. The van der Waals surface area contributed by atoms with Gasteiger partial charge in [-0.15, -0.1) is 0 Å². The van der Waals surface area contributed by atoms with E-state index in [0.717, 1.165) is 11.3 Å². The number of nitrogens with one attached hydrogen (secondary N) is 2. The van der Waals surface area contributed by atoms with E-state index in [4.69, 9.17) is 21.6 Å². The number of halogens is 1. The molecule has 154 valence electrons. The molecule has 0 fully saturated rings. The fourth-order valence-corrected chi connectivity index (χ4v) is 2.98. The van der Waals surface area contributed by atoms with E-state index in [2.05, 4.69) is 26.7 Å². The zero-order valence-corrected chi connectivity index (χ0v) is 17.0. The summed E-state index contributed by atoms with van der Waals surface area (Å²) in [5, 5.41) is 25.4. The molecule has 3 N–H and O–H groups in total. The normalized spacial score (nSPS) is 11.5. The van der Waals surface area contributed by atoms with Gasteiger partial charge >= 0.3 is 0 Å². The average Bonchev–Trinajstić information content (AvgIpc) is 2.78. The Hall–Kier alpha value is -3.18. The van der Waals surface area contributed by atoms with Gasteiger partial charge in [0.15, 0.2) is 0 Å². The van der Waals surface area contributed by atoms with Crippen LogP contribution in [-0.4, -0.2) is 40.9 Å². The van der Waals surface area contributed by atoms with Crippen molar-refractivity contribution in [3.8, 4) is 6.07 Å². The molecule has 0 aliphatic rings. The van der Waals surface area contributed by atoms with E-state index < -0.39 is 0 Å². The predicted octanol–water partition coefficient (Wildman–Crippen LogP) is 3.78. The van der Waals surface area contributed by atoms with Gasteiger partial charge in [-0.2, -0.15) is 10.2 Å². The molecule has 0 saturated carbocycles. The summed E-state index contributed by atoms with van der Waals surface area (Å²) in [4.78, 5) is 8.60. The van der Waals surface area contributed by atoms with Gasteiger partial charge in [-0.25, -0.2) is 4.98 Å². The zero-order valence-electron chi connectivity index (χ0n) is 16.3. The lowest BCUT2D eigenvalue weighted by Crippen LogP contribution is -2.24. The summed E-state index contributed by atoms with van der Waals surface area (Å²) in [6, 6.07) is 18.4. The first-order valence-electron chi connectivity index (χ1n) is 9.48. The highest BCUT2D eigenvalue weighted by Gasteiger charge is 2.11. The van der Waals surface area contributed by atoms with Crippen molar-refractivity contribution in [2.24, 2.45) is 0 Å². The summed E-state index contributed by atoms with van der Waals surface area (Å²) < 4.78 is 5.76. The van der Waals surface area contributed by atoms with Crippen molar-refractivity contribution in [2.45, 2.75) is 12.5 Å². The number of nitriles is 1. The molecule has 3 aromatic rings. The molecule has 30 heavy (non-hydrogen) atoms. The third kappa shape index (κ3) is 6.42. The minimum atomic E-state index is -0.328. The smallest absolute Gasteiger partial charge is 0.229 e. The van der Waals surface area contributed by atoms with Gasteiger partial charge < -0.3 is 20.5 Å². The molecular formula is C22H22ClN5O2. The Balaban J connectivity index is 1.47. The third-order valence-corrected chi connectivity index (χ3v) is 4.67. The molecule has 0 bridgehead atoms. The standard InChI is InChI=1S/C22H22ClN5O2/c23-20-4-2-1-3-17(20)13-19(15-29)30-12-11-25-21-9-10-26-22(28-21)27-18-7-5-16(14-24)6-8-18/h1-10,19,29H,11-13,15H2,(H2,25,26,27,28). The number of benzene rings is 2. The van der Waals surface area contributed by atoms with Crippen molar-refractivity contribution in [1.29, 1.82) is 5.26 Å². The Morgan fingerprint density at radius 3 is 2.67 bits per heavy atom. The predicted molar refractivity (Wildman–Crippen MR) is 117 cm³/mol. The van der Waals surface area contributed by atoms with Crippen molar-refractivity contribution in [2.75, 3.05) is 30.4 Å². The van der Waals surface area contributed by atoms with Crippen LogP contribution in [-0.2, 0) is 11.2 Å². The van der Waals surface area contributed by atoms with E-state index in [1.54, 1.807) is 36.5 Å². The second-order valence-electron chi connectivity index (χ2n) is 6.48. The molecule has 3 rings (SSSR count). The highest BCUT2D eigenvalue weighted by atomic mass is 35.5. The second kappa shape index (κ2) is 11.1. The largest absolute Gasteiger partial charge is 0.394 e. The van der Waals surface area contributed by atoms with E-state index in [1.807, 2.05) is 24.3 Å². The van der Waals surface area contributed by atoms with Crippen LogP contribution < -0.4 is 10.6 Å². The maximum Gasteiger partial charge on any atom is 0.229 e. The number of ether oxygens (including phenoxy) is 1. The van der Waals surface area contributed by atoms with Gasteiger partial charge in [-0.05, 0) is 42.0 Å². The maximum absolute atomic E-state index is 9.57. The number of nitrogens with zero attached hydrogens (tertiary/aromatic N) is 3. The molecule has 2 aromatic carbocycles. The molecule has 8 heteroatoms. The Morgan fingerprint density at radius 1 is 1.13 bits per heavy atom. The van der Waals surface area contributed by atoms with E-state index in [9.17, 15) is 5.11 Å². The Labute approximate surface area is 180 Å². The molecule has 0 aliphatic heterocycles. The van der Waals surface area contributed by atoms with E-state index in [0.29, 0.717) is 41.9 Å². The minimum Gasteiger partial charge on any atom is -0.394 e. The van der Waals surface area contributed by atoms with Gasteiger partial charge in [-0.1, -0.05) is 29.8 Å². The molecule has 1 heterocycles. The van der Waals surface area contributed by atoms with Crippen LogP contribution >= 0.6 is 11.6 Å². The van der Waals surface area contributed by atoms with Crippen molar-refractivity contribution in [3.05, 3.63) is 76.9 Å². The van der Waals surface area contributed by atoms with Crippen LogP contribution in [0.3, 0.4) is 0 Å². The molecule has 0 saturated heterocycles. The zero-order chi connectivity index (χ0) is 21.2. The Bertz CT molecular complexity index is 991. The van der Waals surface area contributed by atoms with Gasteiger partial charge in [0.05, 0.1) is 31.0 Å². The van der Waals surface area contributed by atoms with Crippen LogP contribution in [0.5, 0.6) is 0 Å². The van der Waals surface area contributed by atoms with Crippen LogP contribution in [0.1, 0.15) is 11.1 Å². The molecule has 7 nitrogen and oxygen atoms in total. The van der Waals surface area contributed by atoms with Crippen LogP contribution in [0.15, 0.2) is 60.8 Å². The third-order valence-electron chi connectivity index (χ3n) is 4.30. The molecular weight excluding hydrogens is 402 g/mol. The molecule has 0 spiro atoms. The van der Waals surface area contributed by atoms with Crippen molar-refractivity contribution >= 4 is 29.1 Å². The van der Waals surface area contributed by atoms with Crippen LogP contribution in [0.4, 0.5) is 17.5 Å². The lowest BCUT2D eigenvalue weighted by atomic mass is 10.1. The van der Waals surface area contributed by atoms with Gasteiger partial charge in [0.1, 0.15) is 5.82 Å². The Morgan fingerprint density at radius 2 is 1.93 bits per heavy atom. The first-order chi connectivity index (χ1) is 14.7. The van der Waals surface area contributed by atoms with Crippen molar-refractivity contribution < 1.29 is 9.84 Å². The van der Waals surface area contributed by atoms with Crippen LogP contribution in [0.2, 0.25) is 5.02 Å². The molecule has 1 atom stereocenters. The molecule has 1 unspecified atom stereocenters. The highest BCUT2D eigenvalue weighted by Crippen LogP contribution is 2.18. The van der Waals surface area contributed by atoms with Gasteiger partial charge in [0.25, 0.3) is 0 Å². The summed E-state index contributed by atoms with van der Waals surface area (Å²) in [6.07, 6.45) is 1.86. The summed E-state index contributed by atoms with van der Waals surface area (Å²) >= 11 is 6.17. The molecule has 0 amide bonds. The van der Waals surface area contributed by atoms with Gasteiger partial charge in [0.2, 0.25) is 5.95 Å². The highest BCUT2D eigenvalue weighted by molar-refractivity contribution is 6.31. The lowest BCUT2D eigenvalue weighted by Gasteiger charge is -2.16. The summed E-state index contributed by atoms with van der Waals surface area (Å²) in [6.45, 7) is 0.835. The van der Waals surface area contributed by atoms with E-state index >= 15 is 0 Å². The number of hydrogen-bond donors (Lipinski definition) is 3. The summed E-state index contributed by atoms with van der Waals surface area (Å²) in [5.74, 6) is 1.09. The number of rotatable bonds is 10. The van der Waals surface area contributed by atoms with Gasteiger partial charge in [0, 0.05) is 29.9 Å². The van der Waals surface area contributed by atoms with E-state index in [-0.39, 0.29) is 12.7 Å². The monoisotopic (exact) mass is 423 g/mol. The van der Waals surface area contributed by atoms with Crippen molar-refractivity contribution in [1.82, 2.24) is 9.97 Å². The topological polar surface area (TPSA) is 103 Å². The number of aliphatic hydroxyl groups excluding tert-OH is 1. The summed E-state index contributed by atoms with van der Waals surface area (Å²) in [5.41, 5.74) is 2.33. The fourth-order valence-electron chi connectivity index (χ4n) is 2.76. The first kappa shape index (κ1) is 21.5. The molecule has 1 aromatic heterocycles. The van der Waals surface area contributed by atoms with Crippen LogP contribution in [0.25, 0.3) is 0 Å². The van der Waals surface area contributed by atoms with Crippen LogP contribution in [0, 0.1) is 11.3 Å². The number of aliphatic hydroxyl groups is 1. The van der Waals surface area contributed by atoms with E-state index in [1.165, 1.54) is 0 Å². The molecule has 0 radical (unpaired) electrons.